The molecular formula is C60H36N2O3. The Balaban J connectivity index is 1.04. The van der Waals surface area contributed by atoms with Crippen molar-refractivity contribution in [2.75, 3.05) is 4.90 Å². The van der Waals surface area contributed by atoms with Crippen LogP contribution in [0.4, 0.5) is 17.1 Å². The fourth-order valence-electron chi connectivity index (χ4n) is 10.8. The third kappa shape index (κ3) is 5.18. The molecule has 2 aliphatic rings. The highest BCUT2D eigenvalue weighted by atomic mass is 16.5. The number of nitrogens with zero attached hydrogens (tertiary/aromatic N) is 2. The molecule has 1 aliphatic carbocycles. The number of anilines is 3. The maximum atomic E-state index is 6.89. The molecule has 1 aliphatic heterocycles. The standard InChI is InChI=1S/C60H36N2O3/c1-2-13-37(14-3-1)42-17-12-23-58-59(42)47-35-40(26-30-55(47)64-58)62(39-25-29-54-46(34-39)45-33-38(24-28-53(45)63-54)52-21-10-11-32-61-52)41-27-31-57-51(36-41)60(50-20-8-9-22-56(50)65-57)48-18-6-4-15-43(48)44-16-5-7-19-49(44)60/h1-36H. The Morgan fingerprint density at radius 3 is 1.72 bits per heavy atom. The summed E-state index contributed by atoms with van der Waals surface area (Å²) in [6.45, 7) is 0. The summed E-state index contributed by atoms with van der Waals surface area (Å²) in [5.41, 5.74) is 17.1. The van der Waals surface area contributed by atoms with Crippen LogP contribution in [-0.4, -0.2) is 4.98 Å². The molecule has 1 spiro atoms. The van der Waals surface area contributed by atoms with E-state index in [-0.39, 0.29) is 0 Å². The zero-order chi connectivity index (χ0) is 42.6. The summed E-state index contributed by atoms with van der Waals surface area (Å²) in [4.78, 5) is 7.03. The van der Waals surface area contributed by atoms with Gasteiger partial charge in [0, 0.05) is 61.5 Å². The van der Waals surface area contributed by atoms with Crippen molar-refractivity contribution in [3.05, 3.63) is 241 Å². The monoisotopic (exact) mass is 832 g/mol. The molecule has 0 unspecified atom stereocenters. The summed E-state index contributed by atoms with van der Waals surface area (Å²) in [6, 6.07) is 75.3. The highest BCUT2D eigenvalue weighted by Crippen LogP contribution is 2.62. The average molecular weight is 833 g/mol. The summed E-state index contributed by atoms with van der Waals surface area (Å²) >= 11 is 0. The molecule has 5 heteroatoms. The second-order valence-electron chi connectivity index (χ2n) is 17.0. The summed E-state index contributed by atoms with van der Waals surface area (Å²) in [5, 5.41) is 4.18. The Morgan fingerprint density at radius 2 is 0.954 bits per heavy atom. The van der Waals surface area contributed by atoms with Gasteiger partial charge in [0.1, 0.15) is 33.8 Å². The lowest BCUT2D eigenvalue weighted by molar-refractivity contribution is 0.436. The first-order valence-corrected chi connectivity index (χ1v) is 22.0. The molecule has 0 atom stereocenters. The van der Waals surface area contributed by atoms with Crippen LogP contribution < -0.4 is 9.64 Å². The van der Waals surface area contributed by atoms with Crippen LogP contribution in [0.3, 0.4) is 0 Å². The smallest absolute Gasteiger partial charge is 0.136 e. The van der Waals surface area contributed by atoms with Gasteiger partial charge in [-0.1, -0.05) is 115 Å². The molecule has 0 amide bonds. The number of fused-ring (bicyclic) bond motifs is 15. The van der Waals surface area contributed by atoms with Crippen molar-refractivity contribution >= 4 is 60.9 Å². The third-order valence-electron chi connectivity index (χ3n) is 13.6. The van der Waals surface area contributed by atoms with Crippen LogP contribution >= 0.6 is 0 Å². The van der Waals surface area contributed by atoms with Crippen LogP contribution in [0.2, 0.25) is 0 Å². The number of pyridine rings is 1. The van der Waals surface area contributed by atoms with Gasteiger partial charge in [-0.3, -0.25) is 4.98 Å². The van der Waals surface area contributed by atoms with Crippen molar-refractivity contribution in [2.24, 2.45) is 0 Å². The Hall–Kier alpha value is -8.67. The van der Waals surface area contributed by atoms with E-state index in [1.54, 1.807) is 0 Å². The summed E-state index contributed by atoms with van der Waals surface area (Å²) in [5.74, 6) is 1.70. The number of furan rings is 2. The molecule has 4 heterocycles. The van der Waals surface area contributed by atoms with E-state index in [0.29, 0.717) is 0 Å². The Labute approximate surface area is 374 Å². The molecule has 9 aromatic carbocycles. The lowest BCUT2D eigenvalue weighted by Crippen LogP contribution is -2.32. The first-order chi connectivity index (χ1) is 32.2. The van der Waals surface area contributed by atoms with E-state index < -0.39 is 5.41 Å². The summed E-state index contributed by atoms with van der Waals surface area (Å²) in [7, 11) is 0. The predicted octanol–water partition coefficient (Wildman–Crippen LogP) is 16.2. The minimum absolute atomic E-state index is 0.624. The quantitative estimate of drug-likeness (QED) is 0.173. The second-order valence-corrected chi connectivity index (χ2v) is 17.0. The lowest BCUT2D eigenvalue weighted by atomic mass is 9.66. The van der Waals surface area contributed by atoms with Crippen molar-refractivity contribution in [3.8, 4) is 45.0 Å². The van der Waals surface area contributed by atoms with Gasteiger partial charge in [0.2, 0.25) is 0 Å². The zero-order valence-corrected chi connectivity index (χ0v) is 34.9. The summed E-state index contributed by atoms with van der Waals surface area (Å²) < 4.78 is 20.0. The molecule has 0 saturated carbocycles. The first kappa shape index (κ1) is 35.9. The molecule has 0 radical (unpaired) electrons. The molecule has 3 aromatic heterocycles. The highest BCUT2D eigenvalue weighted by molar-refractivity contribution is 6.14. The molecule has 0 bridgehead atoms. The maximum absolute atomic E-state index is 6.89. The van der Waals surface area contributed by atoms with Crippen molar-refractivity contribution in [2.45, 2.75) is 5.41 Å². The van der Waals surface area contributed by atoms with Crippen LogP contribution in [0, 0.1) is 0 Å². The van der Waals surface area contributed by atoms with E-state index in [1.807, 2.05) is 24.4 Å². The van der Waals surface area contributed by atoms with Gasteiger partial charge in [0.05, 0.1) is 11.1 Å². The van der Waals surface area contributed by atoms with Crippen molar-refractivity contribution in [3.63, 3.8) is 0 Å². The molecule has 0 N–H and O–H groups in total. The molecule has 65 heavy (non-hydrogen) atoms. The first-order valence-electron chi connectivity index (χ1n) is 22.0. The van der Waals surface area contributed by atoms with Gasteiger partial charge < -0.3 is 18.5 Å². The van der Waals surface area contributed by atoms with Gasteiger partial charge in [-0.25, -0.2) is 0 Å². The fourth-order valence-corrected chi connectivity index (χ4v) is 10.8. The van der Waals surface area contributed by atoms with Gasteiger partial charge >= 0.3 is 0 Å². The number of hydrogen-bond donors (Lipinski definition) is 0. The minimum Gasteiger partial charge on any atom is -0.457 e. The van der Waals surface area contributed by atoms with E-state index in [1.165, 1.54) is 22.3 Å². The largest absolute Gasteiger partial charge is 0.457 e. The Kier molecular flexibility index (Phi) is 7.54. The zero-order valence-electron chi connectivity index (χ0n) is 34.9. The molecule has 12 aromatic rings. The Morgan fingerprint density at radius 1 is 0.369 bits per heavy atom. The van der Waals surface area contributed by atoms with Crippen molar-refractivity contribution in [1.82, 2.24) is 4.98 Å². The topological polar surface area (TPSA) is 51.6 Å². The second kappa shape index (κ2) is 13.7. The minimum atomic E-state index is -0.624. The fraction of sp³-hybridized carbons (Fsp3) is 0.0167. The van der Waals surface area contributed by atoms with Gasteiger partial charge in [-0.2, -0.15) is 0 Å². The molecular weight excluding hydrogens is 797 g/mol. The number of ether oxygens (including phenoxy) is 1. The van der Waals surface area contributed by atoms with Crippen molar-refractivity contribution in [1.29, 1.82) is 0 Å². The van der Waals surface area contributed by atoms with E-state index in [4.69, 9.17) is 13.6 Å². The SMILES string of the molecule is c1ccc(-c2cccc3oc4ccc(N(c5ccc6c(c5)C5(c7ccccc7O6)c6ccccc6-c6ccccc65)c5ccc6oc7ccc(-c8ccccn8)cc7c6c5)cc4c23)cc1. The number of para-hydroxylation sites is 1. The van der Waals surface area contributed by atoms with Crippen LogP contribution in [0.25, 0.3) is 77.4 Å². The molecule has 14 rings (SSSR count). The van der Waals surface area contributed by atoms with Crippen LogP contribution in [0.1, 0.15) is 22.3 Å². The van der Waals surface area contributed by atoms with Gasteiger partial charge in [0.25, 0.3) is 0 Å². The van der Waals surface area contributed by atoms with Crippen LogP contribution in [0.5, 0.6) is 11.5 Å². The number of rotatable bonds is 5. The molecule has 0 saturated heterocycles. The molecule has 5 nitrogen and oxygen atoms in total. The molecule has 304 valence electrons. The van der Waals surface area contributed by atoms with E-state index in [2.05, 4.69) is 204 Å². The third-order valence-corrected chi connectivity index (χ3v) is 13.6. The molecule has 0 fully saturated rings. The highest BCUT2D eigenvalue weighted by Gasteiger charge is 2.51. The van der Waals surface area contributed by atoms with Crippen LogP contribution in [0.15, 0.2) is 227 Å². The maximum Gasteiger partial charge on any atom is 0.136 e. The lowest BCUT2D eigenvalue weighted by Gasteiger charge is -2.40. The van der Waals surface area contributed by atoms with E-state index >= 15 is 0 Å². The van der Waals surface area contributed by atoms with E-state index in [9.17, 15) is 0 Å². The van der Waals surface area contributed by atoms with Crippen LogP contribution in [-0.2, 0) is 5.41 Å². The normalized spacial score (nSPS) is 13.2. The summed E-state index contributed by atoms with van der Waals surface area (Å²) in [6.07, 6.45) is 1.83. The number of aromatic nitrogens is 1. The van der Waals surface area contributed by atoms with E-state index in [0.717, 1.165) is 106 Å². The van der Waals surface area contributed by atoms with Crippen molar-refractivity contribution < 1.29 is 13.6 Å². The van der Waals surface area contributed by atoms with Gasteiger partial charge in [0.15, 0.2) is 0 Å². The van der Waals surface area contributed by atoms with Gasteiger partial charge in [-0.05, 0) is 130 Å². The predicted molar refractivity (Wildman–Crippen MR) is 262 cm³/mol. The number of benzene rings is 9. The average Bonchev–Trinajstić information content (AvgIpc) is 4.03. The Bertz CT molecular complexity index is 3840. The number of hydrogen-bond acceptors (Lipinski definition) is 5. The van der Waals surface area contributed by atoms with Gasteiger partial charge in [-0.15, -0.1) is 0 Å².